The Balaban J connectivity index is 2.59. The van der Waals surface area contributed by atoms with Crippen molar-refractivity contribution in [1.82, 2.24) is 5.32 Å². The third-order valence-corrected chi connectivity index (χ3v) is 3.09. The average Bonchev–Trinajstić information content (AvgIpc) is 2.43. The molecule has 116 valence electrons. The van der Waals surface area contributed by atoms with Gasteiger partial charge in [-0.2, -0.15) is 0 Å². The Morgan fingerprint density at radius 1 is 1.57 bits per heavy atom. The minimum Gasteiger partial charge on any atom is -0.492 e. The monoisotopic (exact) mass is 315 g/mol. The molecular formula is C13H18ClN3O4. The molecule has 1 rings (SSSR count). The highest BCUT2D eigenvalue weighted by molar-refractivity contribution is 6.32. The second kappa shape index (κ2) is 8.43. The van der Waals surface area contributed by atoms with Gasteiger partial charge in [-0.15, -0.1) is 0 Å². The molecule has 1 atom stereocenters. The second-order valence-corrected chi connectivity index (χ2v) is 4.83. The lowest BCUT2D eigenvalue weighted by molar-refractivity contribution is -0.384. The molecule has 0 fully saturated rings. The summed E-state index contributed by atoms with van der Waals surface area (Å²) in [7, 11) is 0. The van der Waals surface area contributed by atoms with Crippen LogP contribution in [0.2, 0.25) is 5.02 Å². The van der Waals surface area contributed by atoms with Crippen molar-refractivity contribution < 1.29 is 14.5 Å². The highest BCUT2D eigenvalue weighted by Crippen LogP contribution is 2.28. The van der Waals surface area contributed by atoms with Crippen LogP contribution in [0.4, 0.5) is 5.69 Å². The fourth-order valence-electron chi connectivity index (χ4n) is 1.67. The first-order valence-electron chi connectivity index (χ1n) is 6.55. The van der Waals surface area contributed by atoms with Crippen molar-refractivity contribution in [2.24, 2.45) is 5.73 Å². The molecule has 1 aromatic carbocycles. The van der Waals surface area contributed by atoms with E-state index in [1.807, 2.05) is 6.92 Å². The number of nitro groups is 1. The van der Waals surface area contributed by atoms with E-state index >= 15 is 0 Å². The van der Waals surface area contributed by atoms with Crippen LogP contribution in [0.5, 0.6) is 5.75 Å². The number of nitrogens with one attached hydrogen (secondary N) is 1. The maximum absolute atomic E-state index is 11.2. The van der Waals surface area contributed by atoms with Gasteiger partial charge >= 0.3 is 0 Å². The largest absolute Gasteiger partial charge is 0.492 e. The predicted molar refractivity (Wildman–Crippen MR) is 79.5 cm³/mol. The number of non-ortho nitro benzene ring substituents is 1. The number of carbonyl (C=O) groups is 1. The maximum atomic E-state index is 11.2. The van der Waals surface area contributed by atoms with Crippen LogP contribution in [-0.2, 0) is 4.79 Å². The number of primary amides is 1. The van der Waals surface area contributed by atoms with E-state index < -0.39 is 16.9 Å². The van der Waals surface area contributed by atoms with Crippen molar-refractivity contribution in [2.45, 2.75) is 25.8 Å². The number of ether oxygens (including phenoxy) is 1. The molecule has 21 heavy (non-hydrogen) atoms. The van der Waals surface area contributed by atoms with E-state index in [4.69, 9.17) is 22.1 Å². The Bertz CT molecular complexity index is 510. The van der Waals surface area contributed by atoms with Gasteiger partial charge in [-0.3, -0.25) is 14.9 Å². The summed E-state index contributed by atoms with van der Waals surface area (Å²) in [5, 5.41) is 14.0. The SMILES string of the molecule is CCCNC(CCOc1cc([N+](=O)[O-])ccc1Cl)C(N)=O. The quantitative estimate of drug-likeness (QED) is 0.534. The number of carbonyl (C=O) groups excluding carboxylic acids is 1. The molecule has 7 nitrogen and oxygen atoms in total. The molecule has 0 aliphatic heterocycles. The molecule has 0 saturated heterocycles. The molecule has 1 aromatic rings. The van der Waals surface area contributed by atoms with Crippen molar-refractivity contribution in [2.75, 3.05) is 13.2 Å². The fraction of sp³-hybridized carbons (Fsp3) is 0.462. The van der Waals surface area contributed by atoms with E-state index in [1.54, 1.807) is 0 Å². The Morgan fingerprint density at radius 3 is 2.86 bits per heavy atom. The molecule has 3 N–H and O–H groups in total. The number of nitrogens with two attached hydrogens (primary N) is 1. The van der Waals surface area contributed by atoms with Gasteiger partial charge in [0.15, 0.2) is 0 Å². The molecule has 0 heterocycles. The molecule has 0 spiro atoms. The van der Waals surface area contributed by atoms with Gasteiger partial charge in [0.2, 0.25) is 5.91 Å². The predicted octanol–water partition coefficient (Wildman–Crippen LogP) is 1.87. The normalized spacial score (nSPS) is 11.9. The lowest BCUT2D eigenvalue weighted by Gasteiger charge is -2.15. The molecule has 1 unspecified atom stereocenters. The average molecular weight is 316 g/mol. The smallest absolute Gasteiger partial charge is 0.273 e. The first-order valence-corrected chi connectivity index (χ1v) is 6.93. The number of amides is 1. The van der Waals surface area contributed by atoms with Crippen LogP contribution in [-0.4, -0.2) is 30.0 Å². The summed E-state index contributed by atoms with van der Waals surface area (Å²) in [5.41, 5.74) is 5.17. The molecule has 8 heteroatoms. The van der Waals surface area contributed by atoms with E-state index in [0.29, 0.717) is 13.0 Å². The van der Waals surface area contributed by atoms with Gasteiger partial charge in [-0.05, 0) is 19.0 Å². The molecule has 0 bridgehead atoms. The van der Waals surface area contributed by atoms with Gasteiger partial charge in [0, 0.05) is 12.5 Å². The van der Waals surface area contributed by atoms with Crippen molar-refractivity contribution in [3.05, 3.63) is 33.3 Å². The van der Waals surface area contributed by atoms with Crippen LogP contribution in [0.1, 0.15) is 19.8 Å². The Kier molecular flexibility index (Phi) is 6.90. The van der Waals surface area contributed by atoms with E-state index in [0.717, 1.165) is 6.42 Å². The number of nitro benzene ring substituents is 1. The van der Waals surface area contributed by atoms with Gasteiger partial charge in [-0.25, -0.2) is 0 Å². The Labute approximate surface area is 127 Å². The van der Waals surface area contributed by atoms with E-state index in [2.05, 4.69) is 5.32 Å². The van der Waals surface area contributed by atoms with Crippen molar-refractivity contribution in [1.29, 1.82) is 0 Å². The number of hydrogen-bond acceptors (Lipinski definition) is 5. The summed E-state index contributed by atoms with van der Waals surface area (Å²) < 4.78 is 5.40. The van der Waals surface area contributed by atoms with Crippen LogP contribution in [0, 0.1) is 10.1 Å². The van der Waals surface area contributed by atoms with E-state index in [9.17, 15) is 14.9 Å². The van der Waals surface area contributed by atoms with Crippen LogP contribution >= 0.6 is 11.6 Å². The Hall–Kier alpha value is -1.86. The van der Waals surface area contributed by atoms with Crippen molar-refractivity contribution in [3.63, 3.8) is 0 Å². The maximum Gasteiger partial charge on any atom is 0.273 e. The second-order valence-electron chi connectivity index (χ2n) is 4.42. The molecule has 0 radical (unpaired) electrons. The molecule has 0 saturated carbocycles. The van der Waals surface area contributed by atoms with Gasteiger partial charge in [0.05, 0.1) is 28.7 Å². The number of hydrogen-bond donors (Lipinski definition) is 2. The first-order chi connectivity index (χ1) is 9.95. The zero-order valence-electron chi connectivity index (χ0n) is 11.7. The summed E-state index contributed by atoms with van der Waals surface area (Å²) in [6, 6.07) is 3.45. The highest BCUT2D eigenvalue weighted by atomic mass is 35.5. The van der Waals surface area contributed by atoms with Gasteiger partial charge in [0.1, 0.15) is 5.75 Å². The number of nitrogens with zero attached hydrogens (tertiary/aromatic N) is 1. The number of benzene rings is 1. The molecular weight excluding hydrogens is 298 g/mol. The summed E-state index contributed by atoms with van der Waals surface area (Å²) >= 11 is 5.91. The first kappa shape index (κ1) is 17.2. The Morgan fingerprint density at radius 2 is 2.29 bits per heavy atom. The summed E-state index contributed by atoms with van der Waals surface area (Å²) in [6.07, 6.45) is 1.23. The van der Waals surface area contributed by atoms with Gasteiger partial charge < -0.3 is 15.8 Å². The van der Waals surface area contributed by atoms with Crippen molar-refractivity contribution in [3.8, 4) is 5.75 Å². The lowest BCUT2D eigenvalue weighted by atomic mass is 10.2. The summed E-state index contributed by atoms with van der Waals surface area (Å²) in [5.74, 6) is -0.248. The van der Waals surface area contributed by atoms with E-state index in [-0.39, 0.29) is 23.1 Å². The van der Waals surface area contributed by atoms with Gasteiger partial charge in [-0.1, -0.05) is 18.5 Å². The zero-order valence-corrected chi connectivity index (χ0v) is 12.4. The number of rotatable bonds is 9. The fourth-order valence-corrected chi connectivity index (χ4v) is 1.84. The minimum atomic E-state index is -0.530. The summed E-state index contributed by atoms with van der Waals surface area (Å²) in [6.45, 7) is 2.82. The number of halogens is 1. The molecule has 1 amide bonds. The van der Waals surface area contributed by atoms with Crippen LogP contribution < -0.4 is 15.8 Å². The molecule has 0 aliphatic rings. The van der Waals surface area contributed by atoms with Crippen molar-refractivity contribution >= 4 is 23.2 Å². The molecule has 0 aromatic heterocycles. The van der Waals surface area contributed by atoms with Crippen LogP contribution in [0.15, 0.2) is 18.2 Å². The summed E-state index contributed by atoms with van der Waals surface area (Å²) in [4.78, 5) is 21.4. The van der Waals surface area contributed by atoms with E-state index in [1.165, 1.54) is 18.2 Å². The van der Waals surface area contributed by atoms with Gasteiger partial charge in [0.25, 0.3) is 5.69 Å². The molecule has 0 aliphatic carbocycles. The van der Waals surface area contributed by atoms with Crippen LogP contribution in [0.3, 0.4) is 0 Å². The zero-order chi connectivity index (χ0) is 15.8. The third-order valence-electron chi connectivity index (χ3n) is 2.77. The topological polar surface area (TPSA) is 107 Å². The minimum absolute atomic E-state index is 0.107. The van der Waals surface area contributed by atoms with Crippen LogP contribution in [0.25, 0.3) is 0 Å². The lowest BCUT2D eigenvalue weighted by Crippen LogP contribution is -2.42. The highest BCUT2D eigenvalue weighted by Gasteiger charge is 2.15. The standard InChI is InChI=1S/C13H18ClN3O4/c1-2-6-16-11(13(15)18)5-7-21-12-8-9(17(19)20)3-4-10(12)14/h3-4,8,11,16H,2,5-7H2,1H3,(H2,15,18). The third kappa shape index (κ3) is 5.57.